The summed E-state index contributed by atoms with van der Waals surface area (Å²) >= 11 is 1.88. The number of para-hydroxylation sites is 1. The van der Waals surface area contributed by atoms with Crippen molar-refractivity contribution in [3.8, 4) is 44.5 Å². The molecule has 0 aliphatic rings. The molecule has 0 bridgehead atoms. The maximum Gasteiger partial charge on any atom is 0.137 e. The standard InChI is InChI=1S/C58H37NOS/c1-2-12-38(13-3-1)44-33-45(35-46(34-44)50-20-11-21-54-53-19-7-9-23-57(53)61-58(50)54)42-16-10-17-48(36-42)59(49-30-31-52-51-18-6-8-22-55(51)60-56(52)37-49)47-28-26-40(27-29-47)43-25-24-39-14-4-5-15-41(39)32-43/h1-37H. The second-order valence-electron chi connectivity index (χ2n) is 15.7. The van der Waals surface area contributed by atoms with Crippen LogP contribution in [0.4, 0.5) is 17.1 Å². The number of rotatable bonds is 7. The summed E-state index contributed by atoms with van der Waals surface area (Å²) in [6, 6.07) is 81.3. The van der Waals surface area contributed by atoms with Crippen LogP contribution >= 0.6 is 11.3 Å². The van der Waals surface area contributed by atoms with Crippen LogP contribution in [0.3, 0.4) is 0 Å². The Bertz CT molecular complexity index is 3600. The maximum atomic E-state index is 6.45. The number of anilines is 3. The fraction of sp³-hybridized carbons (Fsp3) is 0. The van der Waals surface area contributed by atoms with Crippen molar-refractivity contribution < 1.29 is 4.42 Å². The summed E-state index contributed by atoms with van der Waals surface area (Å²) in [7, 11) is 0. The van der Waals surface area contributed by atoms with E-state index in [9.17, 15) is 0 Å². The lowest BCUT2D eigenvalue weighted by atomic mass is 9.92. The molecule has 286 valence electrons. The van der Waals surface area contributed by atoms with Crippen LogP contribution in [-0.4, -0.2) is 0 Å². The van der Waals surface area contributed by atoms with E-state index in [0.29, 0.717) is 0 Å². The Labute approximate surface area is 357 Å². The van der Waals surface area contributed by atoms with Gasteiger partial charge in [-0.3, -0.25) is 0 Å². The zero-order valence-electron chi connectivity index (χ0n) is 33.1. The molecule has 0 saturated heterocycles. The molecular formula is C58H37NOS. The summed E-state index contributed by atoms with van der Waals surface area (Å²) in [5, 5.41) is 7.32. The van der Waals surface area contributed by atoms with Crippen molar-refractivity contribution in [2.24, 2.45) is 0 Å². The lowest BCUT2D eigenvalue weighted by molar-refractivity contribution is 0.669. The molecule has 0 atom stereocenters. The highest BCUT2D eigenvalue weighted by Gasteiger charge is 2.18. The summed E-state index contributed by atoms with van der Waals surface area (Å²) in [4.78, 5) is 2.35. The first kappa shape index (κ1) is 35.2. The average molecular weight is 796 g/mol. The van der Waals surface area contributed by atoms with Gasteiger partial charge in [-0.15, -0.1) is 11.3 Å². The molecule has 3 heteroatoms. The molecule has 0 amide bonds. The molecule has 0 radical (unpaired) electrons. The molecule has 10 aromatic carbocycles. The molecule has 2 nitrogen and oxygen atoms in total. The van der Waals surface area contributed by atoms with Gasteiger partial charge in [-0.05, 0) is 128 Å². The van der Waals surface area contributed by atoms with Gasteiger partial charge in [0.15, 0.2) is 0 Å². The number of nitrogens with zero attached hydrogens (tertiary/aromatic N) is 1. The fourth-order valence-corrected chi connectivity index (χ4v) is 10.3. The number of hydrogen-bond donors (Lipinski definition) is 0. The van der Waals surface area contributed by atoms with Crippen LogP contribution < -0.4 is 4.90 Å². The van der Waals surface area contributed by atoms with E-state index in [4.69, 9.17) is 4.42 Å². The normalized spacial score (nSPS) is 11.6. The van der Waals surface area contributed by atoms with E-state index in [2.05, 4.69) is 217 Å². The smallest absolute Gasteiger partial charge is 0.137 e. The molecule has 0 unspecified atom stereocenters. The minimum Gasteiger partial charge on any atom is -0.456 e. The van der Waals surface area contributed by atoms with Crippen molar-refractivity contribution in [3.05, 3.63) is 224 Å². The van der Waals surface area contributed by atoms with Crippen LogP contribution in [-0.2, 0) is 0 Å². The zero-order chi connectivity index (χ0) is 40.3. The highest BCUT2D eigenvalue weighted by molar-refractivity contribution is 7.26. The molecule has 0 saturated carbocycles. The van der Waals surface area contributed by atoms with Crippen molar-refractivity contribution in [1.82, 2.24) is 0 Å². The third kappa shape index (κ3) is 6.26. The van der Waals surface area contributed by atoms with E-state index in [-0.39, 0.29) is 0 Å². The maximum absolute atomic E-state index is 6.45. The van der Waals surface area contributed by atoms with Crippen molar-refractivity contribution >= 4 is 81.3 Å². The number of benzene rings is 10. The lowest BCUT2D eigenvalue weighted by Gasteiger charge is -2.26. The Morgan fingerprint density at radius 3 is 1.80 bits per heavy atom. The van der Waals surface area contributed by atoms with Gasteiger partial charge in [-0.2, -0.15) is 0 Å². The Morgan fingerprint density at radius 1 is 0.311 bits per heavy atom. The highest BCUT2D eigenvalue weighted by atomic mass is 32.1. The van der Waals surface area contributed by atoms with E-state index in [1.54, 1.807) is 0 Å². The summed E-state index contributed by atoms with van der Waals surface area (Å²) < 4.78 is 9.08. The van der Waals surface area contributed by atoms with Gasteiger partial charge in [0, 0.05) is 54.1 Å². The van der Waals surface area contributed by atoms with Crippen molar-refractivity contribution in [1.29, 1.82) is 0 Å². The van der Waals surface area contributed by atoms with E-state index >= 15 is 0 Å². The van der Waals surface area contributed by atoms with Crippen LogP contribution in [0.5, 0.6) is 0 Å². The molecule has 0 spiro atoms. The van der Waals surface area contributed by atoms with E-state index in [0.717, 1.165) is 50.1 Å². The summed E-state index contributed by atoms with van der Waals surface area (Å²) in [6.45, 7) is 0. The predicted octanol–water partition coefficient (Wildman–Crippen LogP) is 17.2. The van der Waals surface area contributed by atoms with Gasteiger partial charge in [0.05, 0.1) is 0 Å². The first-order chi connectivity index (χ1) is 30.2. The van der Waals surface area contributed by atoms with Crippen LogP contribution in [0.2, 0.25) is 0 Å². The van der Waals surface area contributed by atoms with Crippen molar-refractivity contribution in [2.75, 3.05) is 4.90 Å². The minimum atomic E-state index is 0.864. The number of thiophene rings is 1. The Balaban J connectivity index is 1.01. The van der Waals surface area contributed by atoms with Gasteiger partial charge in [-0.25, -0.2) is 0 Å². The van der Waals surface area contributed by atoms with Gasteiger partial charge in [0.2, 0.25) is 0 Å². The molecule has 0 aliphatic carbocycles. The van der Waals surface area contributed by atoms with Crippen LogP contribution in [0.15, 0.2) is 229 Å². The molecule has 61 heavy (non-hydrogen) atoms. The topological polar surface area (TPSA) is 16.4 Å². The molecule has 12 rings (SSSR count). The summed E-state index contributed by atoms with van der Waals surface area (Å²) in [5.74, 6) is 0. The second-order valence-corrected chi connectivity index (χ2v) is 16.8. The third-order valence-corrected chi connectivity index (χ3v) is 13.2. The van der Waals surface area contributed by atoms with E-state index in [1.165, 1.54) is 64.3 Å². The third-order valence-electron chi connectivity index (χ3n) is 12.0. The predicted molar refractivity (Wildman–Crippen MR) is 261 cm³/mol. The number of furan rings is 1. The molecule has 12 aromatic rings. The quantitative estimate of drug-likeness (QED) is 0.160. The Morgan fingerprint density at radius 2 is 0.918 bits per heavy atom. The van der Waals surface area contributed by atoms with Gasteiger partial charge >= 0.3 is 0 Å². The van der Waals surface area contributed by atoms with Gasteiger partial charge < -0.3 is 9.32 Å². The first-order valence-corrected chi connectivity index (χ1v) is 21.5. The highest BCUT2D eigenvalue weighted by Crippen LogP contribution is 2.44. The van der Waals surface area contributed by atoms with Crippen LogP contribution in [0.25, 0.3) is 97.4 Å². The summed E-state index contributed by atoms with van der Waals surface area (Å²) in [6.07, 6.45) is 0. The molecule has 0 aliphatic heterocycles. The van der Waals surface area contributed by atoms with Gasteiger partial charge in [-0.1, -0.05) is 146 Å². The summed E-state index contributed by atoms with van der Waals surface area (Å²) in [5.41, 5.74) is 14.4. The molecule has 2 aromatic heterocycles. The minimum absolute atomic E-state index is 0.864. The lowest BCUT2D eigenvalue weighted by Crippen LogP contribution is -2.10. The van der Waals surface area contributed by atoms with Crippen LogP contribution in [0.1, 0.15) is 0 Å². The second kappa shape index (κ2) is 14.5. The molecule has 0 N–H and O–H groups in total. The van der Waals surface area contributed by atoms with Gasteiger partial charge in [0.1, 0.15) is 11.2 Å². The van der Waals surface area contributed by atoms with E-state index in [1.807, 2.05) is 23.5 Å². The largest absolute Gasteiger partial charge is 0.456 e. The van der Waals surface area contributed by atoms with Crippen molar-refractivity contribution in [2.45, 2.75) is 0 Å². The Kier molecular flexibility index (Phi) is 8.39. The molecule has 0 fully saturated rings. The Hall–Kier alpha value is -7.72. The van der Waals surface area contributed by atoms with Crippen LogP contribution in [0, 0.1) is 0 Å². The number of hydrogen-bond acceptors (Lipinski definition) is 3. The monoisotopic (exact) mass is 795 g/mol. The van der Waals surface area contributed by atoms with Crippen molar-refractivity contribution in [3.63, 3.8) is 0 Å². The molecule has 2 heterocycles. The molecular weight excluding hydrogens is 759 g/mol. The first-order valence-electron chi connectivity index (χ1n) is 20.7. The SMILES string of the molecule is c1ccc(-c2cc(-c3cccc(N(c4ccc(-c5ccc6ccccc6c5)cc4)c4ccc5c(c4)oc4ccccc45)c3)cc(-c3cccc4c3sc3ccccc34)c2)cc1. The fourth-order valence-electron chi connectivity index (χ4n) is 9.02. The number of fused-ring (bicyclic) bond motifs is 7. The average Bonchev–Trinajstić information content (AvgIpc) is 3.90. The van der Waals surface area contributed by atoms with Gasteiger partial charge in [0.25, 0.3) is 0 Å². The zero-order valence-corrected chi connectivity index (χ0v) is 33.9. The van der Waals surface area contributed by atoms with E-state index < -0.39 is 0 Å².